The Kier molecular flexibility index (Phi) is 10.4. The van der Waals surface area contributed by atoms with Gasteiger partial charge in [-0.25, -0.2) is 4.79 Å². The first-order valence-corrected chi connectivity index (χ1v) is 12.6. The second-order valence-corrected chi connectivity index (χ2v) is 9.42. The second kappa shape index (κ2) is 13.7. The maximum absolute atomic E-state index is 12.6. The highest BCUT2D eigenvalue weighted by Crippen LogP contribution is 2.28. The molecule has 200 valence electrons. The average Bonchev–Trinajstić information content (AvgIpc) is 2.91. The molecule has 2 N–H and O–H groups in total. The van der Waals surface area contributed by atoms with Crippen molar-refractivity contribution in [1.29, 1.82) is 0 Å². The molecule has 8 heteroatoms. The molecule has 0 radical (unpaired) electrons. The molecule has 38 heavy (non-hydrogen) atoms. The lowest BCUT2D eigenvalue weighted by molar-refractivity contribution is -0.116. The van der Waals surface area contributed by atoms with E-state index in [2.05, 4.69) is 15.5 Å². The average molecular weight is 536 g/mol. The highest BCUT2D eigenvalue weighted by molar-refractivity contribution is 5.93. The lowest BCUT2D eigenvalue weighted by Crippen LogP contribution is -2.39. The van der Waals surface area contributed by atoms with E-state index in [1.807, 2.05) is 74.5 Å². The van der Waals surface area contributed by atoms with Crippen molar-refractivity contribution in [3.8, 4) is 11.1 Å². The van der Waals surface area contributed by atoms with Crippen LogP contribution in [0.4, 0.5) is 16.2 Å². The topological polar surface area (TPSA) is 87.7 Å². The van der Waals surface area contributed by atoms with Gasteiger partial charge in [-0.2, -0.15) is 0 Å². The van der Waals surface area contributed by atoms with Gasteiger partial charge in [-0.15, -0.1) is 12.4 Å². The lowest BCUT2D eigenvalue weighted by Gasteiger charge is -2.31. The van der Waals surface area contributed by atoms with Gasteiger partial charge in [-0.3, -0.25) is 14.9 Å². The highest BCUT2D eigenvalue weighted by Gasteiger charge is 2.23. The number of anilines is 2. The molecule has 0 saturated carbocycles. The van der Waals surface area contributed by atoms with Gasteiger partial charge in [0, 0.05) is 42.9 Å². The molecule has 3 aromatic rings. The van der Waals surface area contributed by atoms with Gasteiger partial charge in [0.25, 0.3) is 0 Å². The van der Waals surface area contributed by atoms with E-state index in [9.17, 15) is 14.4 Å². The first-order chi connectivity index (χ1) is 17.9. The van der Waals surface area contributed by atoms with Gasteiger partial charge in [0.1, 0.15) is 12.4 Å². The minimum atomic E-state index is -0.451. The molecule has 1 aliphatic rings. The quantitative estimate of drug-likeness (QED) is 0.333. The number of aldehydes is 1. The van der Waals surface area contributed by atoms with Crippen LogP contribution in [0.5, 0.6) is 0 Å². The molecule has 0 aromatic heterocycles. The Labute approximate surface area is 230 Å². The zero-order chi connectivity index (χ0) is 26.2. The van der Waals surface area contributed by atoms with Crippen LogP contribution in [0.1, 0.15) is 40.7 Å². The molecule has 0 bridgehead atoms. The summed E-state index contributed by atoms with van der Waals surface area (Å²) < 4.78 is 5.70. The fourth-order valence-corrected chi connectivity index (χ4v) is 4.58. The summed E-state index contributed by atoms with van der Waals surface area (Å²) in [5.74, 6) is -0.0591. The van der Waals surface area contributed by atoms with Gasteiger partial charge < -0.3 is 15.0 Å². The maximum atomic E-state index is 12.6. The van der Waals surface area contributed by atoms with E-state index in [0.717, 1.165) is 60.2 Å². The number of nitrogens with zero attached hydrogens (tertiary/aromatic N) is 1. The van der Waals surface area contributed by atoms with Gasteiger partial charge in [0.2, 0.25) is 5.91 Å². The third-order valence-corrected chi connectivity index (χ3v) is 6.73. The Bertz CT molecular complexity index is 1260. The van der Waals surface area contributed by atoms with Crippen molar-refractivity contribution in [2.45, 2.75) is 39.2 Å². The van der Waals surface area contributed by atoms with Gasteiger partial charge in [0.15, 0.2) is 0 Å². The molecule has 1 heterocycles. The van der Waals surface area contributed by atoms with E-state index in [1.54, 1.807) is 6.07 Å². The van der Waals surface area contributed by atoms with Crippen molar-refractivity contribution < 1.29 is 19.1 Å². The van der Waals surface area contributed by atoms with Crippen molar-refractivity contribution in [3.05, 3.63) is 83.4 Å². The molecule has 0 unspecified atom stereocenters. The fraction of sp³-hybridized carbons (Fsp3) is 0.300. The van der Waals surface area contributed by atoms with Crippen molar-refractivity contribution in [3.63, 3.8) is 0 Å². The Hall–Kier alpha value is -3.68. The number of likely N-dealkylation sites (tertiary alicyclic amines) is 1. The largest absolute Gasteiger partial charge is 0.446 e. The molecule has 1 saturated heterocycles. The molecule has 0 atom stereocenters. The minimum absolute atomic E-state index is 0. The molecule has 0 spiro atoms. The predicted octanol–water partition coefficient (Wildman–Crippen LogP) is 6.25. The van der Waals surface area contributed by atoms with E-state index >= 15 is 0 Å². The van der Waals surface area contributed by atoms with E-state index < -0.39 is 6.09 Å². The Balaban J connectivity index is 0.00000400. The van der Waals surface area contributed by atoms with Gasteiger partial charge in [-0.05, 0) is 61.6 Å². The second-order valence-electron chi connectivity index (χ2n) is 9.42. The molecular weight excluding hydrogens is 502 g/mol. The highest BCUT2D eigenvalue weighted by atomic mass is 35.5. The summed E-state index contributed by atoms with van der Waals surface area (Å²) in [6.07, 6.45) is 2.04. The summed E-state index contributed by atoms with van der Waals surface area (Å²) in [5.41, 5.74) is 5.76. The molecule has 2 amide bonds. The number of nitrogens with one attached hydrogen (secondary N) is 2. The maximum Gasteiger partial charge on any atom is 0.411 e. The summed E-state index contributed by atoms with van der Waals surface area (Å²) in [7, 11) is 0. The molecule has 1 fully saturated rings. The van der Waals surface area contributed by atoms with Gasteiger partial charge >= 0.3 is 6.09 Å². The van der Waals surface area contributed by atoms with E-state index in [4.69, 9.17) is 4.74 Å². The SMILES string of the molecule is Cc1cc(NC(=O)CCN2CCC(OC(=O)Nc3ccccc3-c3ccccc3)CC2)c(C)cc1C=O.Cl. The summed E-state index contributed by atoms with van der Waals surface area (Å²) in [6, 6.07) is 21.2. The van der Waals surface area contributed by atoms with Crippen molar-refractivity contribution in [2.24, 2.45) is 0 Å². The van der Waals surface area contributed by atoms with Crippen LogP contribution in [0, 0.1) is 13.8 Å². The number of piperidine rings is 1. The number of hydrogen-bond acceptors (Lipinski definition) is 5. The monoisotopic (exact) mass is 535 g/mol. The van der Waals surface area contributed by atoms with Crippen LogP contribution in [0.15, 0.2) is 66.7 Å². The van der Waals surface area contributed by atoms with E-state index in [0.29, 0.717) is 24.2 Å². The van der Waals surface area contributed by atoms with E-state index in [1.165, 1.54) is 0 Å². The number of hydrogen-bond donors (Lipinski definition) is 2. The summed E-state index contributed by atoms with van der Waals surface area (Å²) >= 11 is 0. The van der Waals surface area contributed by atoms with Crippen LogP contribution in [0.2, 0.25) is 0 Å². The van der Waals surface area contributed by atoms with Crippen molar-refractivity contribution in [2.75, 3.05) is 30.3 Å². The standard InChI is InChI=1S/C30H33N3O4.ClH/c1-21-19-28(22(2)18-24(21)20-34)31-29(35)14-17-33-15-12-25(13-16-33)37-30(36)32-27-11-7-6-10-26(27)23-8-4-3-5-9-23;/h3-11,18-20,25H,12-17H2,1-2H3,(H,31,35)(H,32,36);1H. The molecule has 1 aliphatic heterocycles. The normalized spacial score (nSPS) is 13.7. The number of carbonyl (C=O) groups is 3. The number of carbonyl (C=O) groups excluding carboxylic acids is 3. The summed E-state index contributed by atoms with van der Waals surface area (Å²) in [5, 5.41) is 5.86. The molecular formula is C30H34ClN3O4. The number of amides is 2. The lowest BCUT2D eigenvalue weighted by atomic mass is 10.0. The number of ether oxygens (including phenoxy) is 1. The number of benzene rings is 3. The van der Waals surface area contributed by atoms with Gasteiger partial charge in [-0.1, -0.05) is 48.5 Å². The van der Waals surface area contributed by atoms with E-state index in [-0.39, 0.29) is 24.4 Å². The zero-order valence-electron chi connectivity index (χ0n) is 21.7. The smallest absolute Gasteiger partial charge is 0.411 e. The van der Waals surface area contributed by atoms with Gasteiger partial charge in [0.05, 0.1) is 5.69 Å². The first kappa shape index (κ1) is 28.9. The van der Waals surface area contributed by atoms with Crippen molar-refractivity contribution in [1.82, 2.24) is 4.90 Å². The summed E-state index contributed by atoms with van der Waals surface area (Å²) in [6.45, 7) is 5.90. The van der Waals surface area contributed by atoms with Crippen LogP contribution in [-0.2, 0) is 9.53 Å². The number of halogens is 1. The molecule has 7 nitrogen and oxygen atoms in total. The van der Waals surface area contributed by atoms with Crippen LogP contribution in [-0.4, -0.2) is 48.9 Å². The zero-order valence-corrected chi connectivity index (χ0v) is 22.6. The molecule has 4 rings (SSSR count). The Morgan fingerprint density at radius 3 is 2.32 bits per heavy atom. The van der Waals surface area contributed by atoms with Crippen LogP contribution >= 0.6 is 12.4 Å². The third-order valence-electron chi connectivity index (χ3n) is 6.73. The van der Waals surface area contributed by atoms with Crippen LogP contribution < -0.4 is 10.6 Å². The molecule has 3 aromatic carbocycles. The Morgan fingerprint density at radius 2 is 1.61 bits per heavy atom. The third kappa shape index (κ3) is 7.66. The number of para-hydroxylation sites is 1. The van der Waals surface area contributed by atoms with Crippen LogP contribution in [0.3, 0.4) is 0 Å². The predicted molar refractivity (Wildman–Crippen MR) is 153 cm³/mol. The number of aryl methyl sites for hydroxylation is 2. The van der Waals surface area contributed by atoms with Crippen LogP contribution in [0.25, 0.3) is 11.1 Å². The Morgan fingerprint density at radius 1 is 0.921 bits per heavy atom. The number of rotatable bonds is 8. The van der Waals surface area contributed by atoms with Crippen molar-refractivity contribution >= 4 is 42.1 Å². The summed E-state index contributed by atoms with van der Waals surface area (Å²) in [4.78, 5) is 38.4. The minimum Gasteiger partial charge on any atom is -0.446 e. The first-order valence-electron chi connectivity index (χ1n) is 12.6. The fourth-order valence-electron chi connectivity index (χ4n) is 4.58. The molecule has 0 aliphatic carbocycles.